The first-order chi connectivity index (χ1) is 16.4. The van der Waals surface area contributed by atoms with Crippen LogP contribution in [-0.4, -0.2) is 42.8 Å². The minimum Gasteiger partial charge on any atom is -0.493 e. The van der Waals surface area contributed by atoms with E-state index in [1.165, 1.54) is 4.90 Å². The highest BCUT2D eigenvalue weighted by atomic mass is 35.5. The van der Waals surface area contributed by atoms with E-state index >= 15 is 0 Å². The van der Waals surface area contributed by atoms with Gasteiger partial charge in [0.15, 0.2) is 16.9 Å². The number of benzene rings is 2. The molecule has 0 spiro atoms. The summed E-state index contributed by atoms with van der Waals surface area (Å²) in [6.07, 6.45) is 3.11. The van der Waals surface area contributed by atoms with Crippen molar-refractivity contribution in [2.45, 2.75) is 39.2 Å². The molecular weight excluding hydrogens is 458 g/mol. The molecule has 0 saturated carbocycles. The number of halogens is 1. The lowest BCUT2D eigenvalue weighted by Gasteiger charge is -2.25. The van der Waals surface area contributed by atoms with Gasteiger partial charge in [0, 0.05) is 11.6 Å². The van der Waals surface area contributed by atoms with E-state index in [-0.39, 0.29) is 29.9 Å². The summed E-state index contributed by atoms with van der Waals surface area (Å²) in [7, 11) is 1.55. The largest absolute Gasteiger partial charge is 0.493 e. The standard InChI is InChI=1S/C26H28ClNO6/c1-4-5-6-11-33-19-8-7-16(13-21(19)32-3)23-22-24(30)17-14-18(27)15(2)12-20(17)34-25(22)26(31)28(23)9-10-29/h7-8,12-14,23,29H,4-6,9-11H2,1-3H3. The van der Waals surface area contributed by atoms with Crippen molar-refractivity contribution in [3.8, 4) is 11.5 Å². The molecule has 0 bridgehead atoms. The number of unbranched alkanes of at least 4 members (excludes halogenated alkanes) is 2. The Kier molecular flexibility index (Phi) is 7.14. The highest BCUT2D eigenvalue weighted by Gasteiger charge is 2.42. The van der Waals surface area contributed by atoms with Crippen molar-refractivity contribution in [3.05, 3.63) is 68.0 Å². The number of carbonyl (C=O) groups is 1. The van der Waals surface area contributed by atoms with Crippen LogP contribution in [0, 0.1) is 6.92 Å². The number of aryl methyl sites for hydroxylation is 1. The van der Waals surface area contributed by atoms with Gasteiger partial charge in [0.25, 0.3) is 5.91 Å². The number of hydrogen-bond acceptors (Lipinski definition) is 6. The van der Waals surface area contributed by atoms with Crippen LogP contribution in [0.2, 0.25) is 5.02 Å². The molecule has 0 radical (unpaired) electrons. The molecule has 3 aromatic rings. The molecule has 1 amide bonds. The van der Waals surface area contributed by atoms with E-state index in [0.717, 1.165) is 24.8 Å². The molecule has 8 heteroatoms. The van der Waals surface area contributed by atoms with E-state index in [9.17, 15) is 14.7 Å². The summed E-state index contributed by atoms with van der Waals surface area (Å²) in [6.45, 7) is 4.28. The van der Waals surface area contributed by atoms with Gasteiger partial charge in [-0.05, 0) is 48.7 Å². The van der Waals surface area contributed by atoms with Crippen LogP contribution in [0.15, 0.2) is 39.5 Å². The van der Waals surface area contributed by atoms with E-state index in [0.29, 0.717) is 39.7 Å². The van der Waals surface area contributed by atoms with Gasteiger partial charge in [0.2, 0.25) is 5.76 Å². The molecule has 4 rings (SSSR count). The van der Waals surface area contributed by atoms with Crippen molar-refractivity contribution in [3.63, 3.8) is 0 Å². The molecule has 0 saturated heterocycles. The van der Waals surface area contributed by atoms with Crippen LogP contribution < -0.4 is 14.9 Å². The van der Waals surface area contributed by atoms with Crippen molar-refractivity contribution in [2.75, 3.05) is 26.9 Å². The number of amides is 1. The highest BCUT2D eigenvalue weighted by molar-refractivity contribution is 6.32. The average molecular weight is 486 g/mol. The van der Waals surface area contributed by atoms with Crippen LogP contribution in [0.1, 0.15) is 59.5 Å². The second kappa shape index (κ2) is 10.1. The van der Waals surface area contributed by atoms with E-state index in [4.69, 9.17) is 25.5 Å². The molecule has 7 nitrogen and oxygen atoms in total. The molecule has 180 valence electrons. The summed E-state index contributed by atoms with van der Waals surface area (Å²) in [5.41, 5.74) is 1.60. The summed E-state index contributed by atoms with van der Waals surface area (Å²) in [6, 6.07) is 7.84. The Hall–Kier alpha value is -3.03. The van der Waals surface area contributed by atoms with Crippen molar-refractivity contribution in [1.29, 1.82) is 0 Å². The van der Waals surface area contributed by atoms with Crippen LogP contribution in [0.3, 0.4) is 0 Å². The van der Waals surface area contributed by atoms with Crippen LogP contribution in [0.5, 0.6) is 11.5 Å². The maximum Gasteiger partial charge on any atom is 0.290 e. The lowest BCUT2D eigenvalue weighted by molar-refractivity contribution is 0.0691. The fourth-order valence-corrected chi connectivity index (χ4v) is 4.50. The molecule has 1 aliphatic heterocycles. The minimum atomic E-state index is -0.738. The van der Waals surface area contributed by atoms with Crippen LogP contribution >= 0.6 is 11.6 Å². The fourth-order valence-electron chi connectivity index (χ4n) is 4.33. The van der Waals surface area contributed by atoms with E-state index in [2.05, 4.69) is 6.92 Å². The zero-order chi connectivity index (χ0) is 24.4. The monoisotopic (exact) mass is 485 g/mol. The maximum atomic E-state index is 13.6. The summed E-state index contributed by atoms with van der Waals surface area (Å²) in [4.78, 5) is 28.3. The number of hydrogen-bond donors (Lipinski definition) is 1. The van der Waals surface area contributed by atoms with Gasteiger partial charge in [-0.3, -0.25) is 9.59 Å². The molecule has 1 atom stereocenters. The predicted molar refractivity (Wildman–Crippen MR) is 130 cm³/mol. The Bertz CT molecular complexity index is 1280. The van der Waals surface area contributed by atoms with Crippen molar-refractivity contribution < 1.29 is 23.8 Å². The molecule has 1 aliphatic rings. The Morgan fingerprint density at radius 2 is 1.94 bits per heavy atom. The molecule has 0 aliphatic carbocycles. The molecule has 2 aromatic carbocycles. The number of rotatable bonds is 9. The fraction of sp³-hybridized carbons (Fsp3) is 0.385. The number of aliphatic hydroxyl groups excluding tert-OH is 1. The number of β-amino-alcohol motifs (C(OH)–C–C–N with tert-alkyl or cyclic N) is 1. The normalized spacial score (nSPS) is 15.1. The summed E-state index contributed by atoms with van der Waals surface area (Å²) in [5, 5.41) is 10.4. The lowest BCUT2D eigenvalue weighted by Crippen LogP contribution is -2.32. The zero-order valence-electron chi connectivity index (χ0n) is 19.5. The zero-order valence-corrected chi connectivity index (χ0v) is 20.3. The minimum absolute atomic E-state index is 0.0171. The number of carbonyl (C=O) groups excluding carboxylic acids is 1. The van der Waals surface area contributed by atoms with Crippen LogP contribution in [0.4, 0.5) is 0 Å². The SMILES string of the molecule is CCCCCOc1ccc(C2c3c(oc4cc(C)c(Cl)cc4c3=O)C(=O)N2CCO)cc1OC. The van der Waals surface area contributed by atoms with Crippen molar-refractivity contribution >= 4 is 28.5 Å². The number of fused-ring (bicyclic) bond motifs is 2. The molecule has 1 N–H and O–H groups in total. The second-order valence-electron chi connectivity index (χ2n) is 8.36. The summed E-state index contributed by atoms with van der Waals surface area (Å²) >= 11 is 6.27. The lowest BCUT2D eigenvalue weighted by atomic mass is 9.98. The molecule has 1 unspecified atom stereocenters. The number of aliphatic hydroxyl groups is 1. The maximum absolute atomic E-state index is 13.6. The molecule has 0 fully saturated rings. The third kappa shape index (κ3) is 4.26. The van der Waals surface area contributed by atoms with Gasteiger partial charge in [0.1, 0.15) is 5.58 Å². The molecular formula is C26H28ClNO6. The number of methoxy groups -OCH3 is 1. The van der Waals surface area contributed by atoms with Gasteiger partial charge in [-0.25, -0.2) is 0 Å². The third-order valence-corrected chi connectivity index (χ3v) is 6.50. The first-order valence-corrected chi connectivity index (χ1v) is 11.8. The summed E-state index contributed by atoms with van der Waals surface area (Å²) in [5.74, 6) is 0.632. The van der Waals surface area contributed by atoms with Gasteiger partial charge in [-0.2, -0.15) is 0 Å². The van der Waals surface area contributed by atoms with E-state index in [1.807, 2.05) is 0 Å². The van der Waals surface area contributed by atoms with Gasteiger partial charge < -0.3 is 23.9 Å². The van der Waals surface area contributed by atoms with Crippen LogP contribution in [0.25, 0.3) is 11.0 Å². The average Bonchev–Trinajstić information content (AvgIpc) is 3.10. The van der Waals surface area contributed by atoms with Crippen molar-refractivity contribution in [2.24, 2.45) is 0 Å². The topological polar surface area (TPSA) is 89.2 Å². The first kappa shape index (κ1) is 24.1. The Balaban J connectivity index is 1.83. The first-order valence-electron chi connectivity index (χ1n) is 11.4. The van der Waals surface area contributed by atoms with E-state index in [1.54, 1.807) is 44.4 Å². The van der Waals surface area contributed by atoms with Gasteiger partial charge >= 0.3 is 0 Å². The molecule has 2 heterocycles. The van der Waals surface area contributed by atoms with Crippen LogP contribution in [-0.2, 0) is 0 Å². The smallest absolute Gasteiger partial charge is 0.290 e. The quantitative estimate of drug-likeness (QED) is 0.435. The number of nitrogens with zero attached hydrogens (tertiary/aromatic N) is 1. The Morgan fingerprint density at radius 1 is 1.15 bits per heavy atom. The van der Waals surface area contributed by atoms with Crippen molar-refractivity contribution in [1.82, 2.24) is 4.90 Å². The number of ether oxygens (including phenoxy) is 2. The highest BCUT2D eigenvalue weighted by Crippen LogP contribution is 2.41. The van der Waals surface area contributed by atoms with Gasteiger partial charge in [-0.1, -0.05) is 37.4 Å². The predicted octanol–water partition coefficient (Wildman–Crippen LogP) is 4.87. The Labute approximate surface area is 202 Å². The summed E-state index contributed by atoms with van der Waals surface area (Å²) < 4.78 is 17.4. The Morgan fingerprint density at radius 3 is 2.65 bits per heavy atom. The second-order valence-corrected chi connectivity index (χ2v) is 8.77. The van der Waals surface area contributed by atoms with E-state index < -0.39 is 11.9 Å². The molecule has 1 aromatic heterocycles. The third-order valence-electron chi connectivity index (χ3n) is 6.10. The molecule has 34 heavy (non-hydrogen) atoms. The van der Waals surface area contributed by atoms with Gasteiger partial charge in [0.05, 0.1) is 37.3 Å². The van der Waals surface area contributed by atoms with Gasteiger partial charge in [-0.15, -0.1) is 0 Å².